The first-order valence-electron chi connectivity index (χ1n) is 7.90. The van der Waals surface area contributed by atoms with Gasteiger partial charge in [0.15, 0.2) is 0 Å². The Balaban J connectivity index is 2.13. The van der Waals surface area contributed by atoms with Gasteiger partial charge in [0, 0.05) is 25.6 Å². The van der Waals surface area contributed by atoms with E-state index in [0.29, 0.717) is 6.42 Å². The summed E-state index contributed by atoms with van der Waals surface area (Å²) in [6, 6.07) is 20.2. The summed E-state index contributed by atoms with van der Waals surface area (Å²) in [6.07, 6.45) is 0.844. The number of benzene rings is 2. The maximum atomic E-state index is 11.1. The number of carbonyl (C=O) groups is 1. The number of aliphatic hydroxyl groups excluding tert-OH is 1. The minimum Gasteiger partial charge on any atom is -0.395 e. The highest BCUT2D eigenvalue weighted by molar-refractivity contribution is 5.73. The maximum absolute atomic E-state index is 11.1. The lowest BCUT2D eigenvalue weighted by Gasteiger charge is -2.30. The van der Waals surface area contributed by atoms with Crippen molar-refractivity contribution in [2.24, 2.45) is 5.73 Å². The molecule has 0 aliphatic heterocycles. The molecule has 4 nitrogen and oxygen atoms in total. The first-order valence-corrected chi connectivity index (χ1v) is 7.90. The van der Waals surface area contributed by atoms with Crippen LogP contribution < -0.4 is 5.73 Å². The van der Waals surface area contributed by atoms with Crippen LogP contribution in [0.4, 0.5) is 0 Å². The third-order valence-corrected chi connectivity index (χ3v) is 3.91. The Labute approximate surface area is 137 Å². The molecule has 2 rings (SSSR count). The largest absolute Gasteiger partial charge is 0.395 e. The van der Waals surface area contributed by atoms with Crippen molar-refractivity contribution in [2.75, 3.05) is 6.61 Å². The van der Waals surface area contributed by atoms with E-state index in [1.54, 1.807) is 0 Å². The van der Waals surface area contributed by atoms with E-state index >= 15 is 0 Å². The first-order chi connectivity index (χ1) is 11.2. The lowest BCUT2D eigenvalue weighted by molar-refractivity contribution is -0.118. The van der Waals surface area contributed by atoms with E-state index in [1.807, 2.05) is 36.4 Å². The molecule has 2 aromatic carbocycles. The van der Waals surface area contributed by atoms with Gasteiger partial charge >= 0.3 is 0 Å². The highest BCUT2D eigenvalue weighted by atomic mass is 16.3. The third kappa shape index (κ3) is 5.85. The lowest BCUT2D eigenvalue weighted by Crippen LogP contribution is -2.37. The van der Waals surface area contributed by atoms with Gasteiger partial charge in [0.05, 0.1) is 6.61 Å². The fraction of sp³-hybridized carbons (Fsp3) is 0.316. The summed E-state index contributed by atoms with van der Waals surface area (Å²) in [5.74, 6) is -0.331. The lowest BCUT2D eigenvalue weighted by atomic mass is 10.1. The number of amides is 1. The molecule has 0 unspecified atom stereocenters. The van der Waals surface area contributed by atoms with E-state index in [-0.39, 0.29) is 25.0 Å². The van der Waals surface area contributed by atoms with Gasteiger partial charge in [0.2, 0.25) is 5.91 Å². The van der Waals surface area contributed by atoms with Gasteiger partial charge in [0.25, 0.3) is 0 Å². The number of rotatable bonds is 9. The van der Waals surface area contributed by atoms with Crippen molar-refractivity contribution in [1.29, 1.82) is 0 Å². The minimum absolute atomic E-state index is 0.00689. The molecule has 0 saturated carbocycles. The van der Waals surface area contributed by atoms with E-state index in [4.69, 9.17) is 5.73 Å². The van der Waals surface area contributed by atoms with Gasteiger partial charge in [-0.3, -0.25) is 9.69 Å². The molecule has 3 N–H and O–H groups in total. The number of hydrogen-bond acceptors (Lipinski definition) is 3. The van der Waals surface area contributed by atoms with Crippen LogP contribution in [-0.4, -0.2) is 28.6 Å². The molecule has 0 fully saturated rings. The fourth-order valence-corrected chi connectivity index (χ4v) is 2.65. The van der Waals surface area contributed by atoms with E-state index in [2.05, 4.69) is 29.2 Å². The Morgan fingerprint density at radius 1 is 0.957 bits per heavy atom. The SMILES string of the molecule is NC(=O)CC[C@@H](CO)N(Cc1ccccc1)Cc1ccccc1. The average Bonchev–Trinajstić information content (AvgIpc) is 2.57. The molecule has 122 valence electrons. The summed E-state index contributed by atoms with van der Waals surface area (Å²) < 4.78 is 0. The number of nitrogens with two attached hydrogens (primary N) is 1. The summed E-state index contributed by atoms with van der Waals surface area (Å²) >= 11 is 0. The number of primary amides is 1. The number of aliphatic hydroxyl groups is 1. The molecular weight excluding hydrogens is 288 g/mol. The van der Waals surface area contributed by atoms with Crippen molar-refractivity contribution in [2.45, 2.75) is 32.0 Å². The van der Waals surface area contributed by atoms with E-state index in [9.17, 15) is 9.90 Å². The second kappa shape index (κ2) is 9.08. The Bertz CT molecular complexity index is 545. The molecule has 0 aliphatic rings. The van der Waals surface area contributed by atoms with Crippen LogP contribution in [0.25, 0.3) is 0 Å². The maximum Gasteiger partial charge on any atom is 0.217 e. The standard InChI is InChI=1S/C19H24N2O2/c20-19(23)12-11-18(15-22)21(13-16-7-3-1-4-8-16)14-17-9-5-2-6-10-17/h1-10,18,22H,11-15H2,(H2,20,23)/t18-/m0/s1. The Morgan fingerprint density at radius 3 is 1.83 bits per heavy atom. The smallest absolute Gasteiger partial charge is 0.217 e. The van der Waals surface area contributed by atoms with Gasteiger partial charge in [-0.05, 0) is 17.5 Å². The predicted molar refractivity (Wildman–Crippen MR) is 91.4 cm³/mol. The van der Waals surface area contributed by atoms with Crippen LogP contribution >= 0.6 is 0 Å². The van der Waals surface area contributed by atoms with Crippen LogP contribution in [0.3, 0.4) is 0 Å². The van der Waals surface area contributed by atoms with Crippen molar-refractivity contribution in [3.8, 4) is 0 Å². The molecule has 2 aromatic rings. The van der Waals surface area contributed by atoms with Gasteiger partial charge in [0.1, 0.15) is 0 Å². The number of nitrogens with zero attached hydrogens (tertiary/aromatic N) is 1. The monoisotopic (exact) mass is 312 g/mol. The summed E-state index contributed by atoms with van der Waals surface area (Å²) in [5, 5.41) is 9.77. The number of carbonyl (C=O) groups excluding carboxylic acids is 1. The Kier molecular flexibility index (Phi) is 6.78. The molecule has 0 saturated heterocycles. The van der Waals surface area contributed by atoms with Gasteiger partial charge in [-0.25, -0.2) is 0 Å². The highest BCUT2D eigenvalue weighted by Crippen LogP contribution is 2.16. The average molecular weight is 312 g/mol. The zero-order valence-electron chi connectivity index (χ0n) is 13.3. The summed E-state index contributed by atoms with van der Waals surface area (Å²) in [7, 11) is 0. The topological polar surface area (TPSA) is 66.6 Å². The van der Waals surface area contributed by atoms with Crippen LogP contribution in [0.2, 0.25) is 0 Å². The Morgan fingerprint density at radius 2 is 1.43 bits per heavy atom. The quantitative estimate of drug-likeness (QED) is 0.747. The molecule has 0 bridgehead atoms. The van der Waals surface area contributed by atoms with Crippen LogP contribution in [0.15, 0.2) is 60.7 Å². The van der Waals surface area contributed by atoms with Crippen molar-refractivity contribution in [3.05, 3.63) is 71.8 Å². The van der Waals surface area contributed by atoms with Crippen molar-refractivity contribution in [3.63, 3.8) is 0 Å². The van der Waals surface area contributed by atoms with E-state index < -0.39 is 0 Å². The third-order valence-electron chi connectivity index (χ3n) is 3.91. The molecule has 0 aliphatic carbocycles. The molecule has 0 radical (unpaired) electrons. The molecule has 1 amide bonds. The van der Waals surface area contributed by atoms with E-state index in [0.717, 1.165) is 13.1 Å². The minimum atomic E-state index is -0.331. The Hall–Kier alpha value is -2.17. The molecule has 4 heteroatoms. The molecule has 0 aromatic heterocycles. The highest BCUT2D eigenvalue weighted by Gasteiger charge is 2.19. The zero-order chi connectivity index (χ0) is 16.5. The first kappa shape index (κ1) is 17.2. The van der Waals surface area contributed by atoms with Crippen LogP contribution in [0, 0.1) is 0 Å². The second-order valence-corrected chi connectivity index (χ2v) is 5.72. The summed E-state index contributed by atoms with van der Waals surface area (Å²) in [4.78, 5) is 13.3. The van der Waals surface area contributed by atoms with Gasteiger partial charge in [-0.15, -0.1) is 0 Å². The fourth-order valence-electron chi connectivity index (χ4n) is 2.65. The zero-order valence-corrected chi connectivity index (χ0v) is 13.3. The second-order valence-electron chi connectivity index (χ2n) is 5.72. The van der Waals surface area contributed by atoms with Crippen LogP contribution in [-0.2, 0) is 17.9 Å². The normalized spacial score (nSPS) is 12.3. The van der Waals surface area contributed by atoms with Crippen molar-refractivity contribution >= 4 is 5.91 Å². The van der Waals surface area contributed by atoms with Crippen molar-refractivity contribution in [1.82, 2.24) is 4.90 Å². The van der Waals surface area contributed by atoms with Crippen LogP contribution in [0.1, 0.15) is 24.0 Å². The molecule has 0 heterocycles. The molecule has 0 spiro atoms. The number of hydrogen-bond donors (Lipinski definition) is 2. The van der Waals surface area contributed by atoms with Gasteiger partial charge in [-0.2, -0.15) is 0 Å². The predicted octanol–water partition coefficient (Wildman–Crippen LogP) is 2.32. The van der Waals surface area contributed by atoms with Gasteiger partial charge < -0.3 is 10.8 Å². The summed E-state index contributed by atoms with van der Waals surface area (Å²) in [6.45, 7) is 1.45. The molecule has 1 atom stereocenters. The van der Waals surface area contributed by atoms with Crippen molar-refractivity contribution < 1.29 is 9.90 Å². The molecular formula is C19H24N2O2. The molecule has 23 heavy (non-hydrogen) atoms. The summed E-state index contributed by atoms with van der Waals surface area (Å²) in [5.41, 5.74) is 7.62. The van der Waals surface area contributed by atoms with Crippen LogP contribution in [0.5, 0.6) is 0 Å². The van der Waals surface area contributed by atoms with Gasteiger partial charge in [-0.1, -0.05) is 60.7 Å². The van der Waals surface area contributed by atoms with E-state index in [1.165, 1.54) is 11.1 Å².